The highest BCUT2D eigenvalue weighted by atomic mass is 31.1. The van der Waals surface area contributed by atoms with Crippen molar-refractivity contribution in [2.75, 3.05) is 9.34 Å². The zero-order valence-electron chi connectivity index (χ0n) is 45.1. The van der Waals surface area contributed by atoms with Gasteiger partial charge in [0.25, 0.3) is 0 Å². The average molecular weight is 1080 g/mol. The van der Waals surface area contributed by atoms with Crippen molar-refractivity contribution in [2.45, 2.75) is 51.9 Å². The van der Waals surface area contributed by atoms with Gasteiger partial charge in [0, 0.05) is 33.6 Å². The van der Waals surface area contributed by atoms with Gasteiger partial charge in [0.05, 0.1) is 12.1 Å². The molecule has 0 spiro atoms. The van der Waals surface area contributed by atoms with Gasteiger partial charge < -0.3 is 16.8 Å². The Labute approximate surface area is 467 Å². The normalized spacial score (nSPS) is 11.9. The molecule has 80 heavy (non-hydrogen) atoms. The van der Waals surface area contributed by atoms with Gasteiger partial charge in [0.1, 0.15) is 22.3 Å². The van der Waals surface area contributed by atoms with Crippen LogP contribution in [0.5, 0.6) is 0 Å². The van der Waals surface area contributed by atoms with E-state index < -0.39 is 16.3 Å². The van der Waals surface area contributed by atoms with Crippen molar-refractivity contribution < 1.29 is 16.8 Å². The van der Waals surface area contributed by atoms with Crippen molar-refractivity contribution >= 4 is 103 Å². The van der Waals surface area contributed by atoms with Crippen LogP contribution in [0, 0.1) is 0 Å². The van der Waals surface area contributed by atoms with Crippen LogP contribution in [-0.4, -0.2) is 12.1 Å². The van der Waals surface area contributed by atoms with Crippen molar-refractivity contribution in [2.24, 2.45) is 0 Å². The maximum Gasteiger partial charge on any atom is 0.310 e. The molecule has 0 unspecified atom stereocenters. The second-order valence-electron chi connectivity index (χ2n) is 20.9. The summed E-state index contributed by atoms with van der Waals surface area (Å²) in [6.45, 7) is 8.89. The van der Waals surface area contributed by atoms with Gasteiger partial charge in [-0.2, -0.15) is 9.34 Å². The third-order valence-electron chi connectivity index (χ3n) is 15.2. The van der Waals surface area contributed by atoms with E-state index in [1.165, 1.54) is 43.8 Å². The molecule has 0 aliphatic rings. The van der Waals surface area contributed by atoms with Gasteiger partial charge in [0.2, 0.25) is 0 Å². The molecule has 0 radical (unpaired) electrons. The van der Waals surface area contributed by atoms with E-state index in [2.05, 4.69) is 304 Å². The molecule has 8 heteroatoms. The number of nitrogens with zero attached hydrogens (tertiary/aromatic N) is 2. The number of hydrogen-bond acceptors (Lipinski definition) is 6. The van der Waals surface area contributed by atoms with E-state index in [9.17, 15) is 0 Å². The highest BCUT2D eigenvalue weighted by Crippen LogP contribution is 2.49. The van der Waals surface area contributed by atoms with Crippen LogP contribution in [0.3, 0.4) is 0 Å². The second-order valence-corrected chi connectivity index (χ2v) is 23.5. The molecule has 12 aromatic carbocycles. The standard InChI is InChI=1S/2C36H30NO2P/c2*1-25(2)37(36(28-15-5-3-6-16-28)29-17-7-4-8-18-29)40-38-32-23-21-26-13-9-11-19-30(26)34(32)35-31-20-12-10-14-27(31)22-24-33(35)39-40/h2*3-25,36H,1-2H3. The Kier molecular flexibility index (Phi) is 14.2. The van der Waals surface area contributed by atoms with Crippen molar-refractivity contribution in [3.63, 3.8) is 0 Å². The van der Waals surface area contributed by atoms with Gasteiger partial charge in [-0.25, -0.2) is 0 Å². The van der Waals surface area contributed by atoms with E-state index in [1.807, 2.05) is 0 Å². The van der Waals surface area contributed by atoms with E-state index in [-0.39, 0.29) is 24.2 Å². The molecule has 0 saturated carbocycles. The summed E-state index contributed by atoms with van der Waals surface area (Å²) in [5.41, 5.74) is 8.24. The van der Waals surface area contributed by atoms with Gasteiger partial charge >= 0.3 is 16.3 Å². The monoisotopic (exact) mass is 1080 g/mol. The van der Waals surface area contributed by atoms with Gasteiger partial charge in [-0.15, -0.1) is 0 Å². The SMILES string of the molecule is CC(C)N(C(c1ccccc1)c1ccccc1)p1oc2ccc3ccccc3c2c2c(ccc3ccccc32)o1.CC(C)N(C(c1ccccc1)c1ccccc1)p1oc2ccc3ccccc3c2c2c(ccc3ccccc32)o1. The average Bonchev–Trinajstić information content (AvgIpc) is 3.86. The van der Waals surface area contributed by atoms with Gasteiger partial charge in [-0.3, -0.25) is 0 Å². The largest absolute Gasteiger partial charge is 0.408 e. The van der Waals surface area contributed by atoms with Gasteiger partial charge in [-0.05, 0) is 117 Å². The quantitative estimate of drug-likeness (QED) is 0.136. The molecule has 2 heterocycles. The minimum absolute atomic E-state index is 0.0422. The lowest BCUT2D eigenvalue weighted by atomic mass is 9.98. The van der Waals surface area contributed by atoms with Crippen molar-refractivity contribution in [1.29, 1.82) is 0 Å². The summed E-state index contributed by atoms with van der Waals surface area (Å²) in [5, 5.41) is 13.8. The van der Waals surface area contributed by atoms with Crippen LogP contribution in [0.15, 0.2) is 284 Å². The fourth-order valence-electron chi connectivity index (χ4n) is 11.6. The summed E-state index contributed by atoms with van der Waals surface area (Å²) >= 11 is 0. The summed E-state index contributed by atoms with van der Waals surface area (Å²) in [6, 6.07) is 94.1. The minimum Gasteiger partial charge on any atom is -0.408 e. The fraction of sp³-hybridized carbons (Fsp3) is 0.111. The minimum atomic E-state index is -1.54. The Morgan fingerprint density at radius 3 is 0.688 bits per heavy atom. The molecule has 0 saturated heterocycles. The molecular formula is C72H60N2O4P2. The first-order valence-electron chi connectivity index (χ1n) is 27.5. The first-order chi connectivity index (χ1) is 39.4. The summed E-state index contributed by atoms with van der Waals surface area (Å²) in [6.07, 6.45) is 0. The first-order valence-corrected chi connectivity index (χ1v) is 29.8. The lowest BCUT2D eigenvalue weighted by Crippen LogP contribution is -2.33. The van der Waals surface area contributed by atoms with Crippen LogP contribution in [0.2, 0.25) is 0 Å². The first kappa shape index (κ1) is 50.9. The topological polar surface area (TPSA) is 59.0 Å². The Morgan fingerprint density at radius 1 is 0.250 bits per heavy atom. The van der Waals surface area contributed by atoms with E-state index in [4.69, 9.17) is 16.8 Å². The molecule has 0 aliphatic heterocycles. The van der Waals surface area contributed by atoms with Crippen LogP contribution < -0.4 is 9.34 Å². The fourth-order valence-corrected chi connectivity index (χ4v) is 15.0. The zero-order chi connectivity index (χ0) is 54.1. The predicted octanol–water partition coefficient (Wildman–Crippen LogP) is 21.5. The Bertz CT molecular complexity index is 4020. The third kappa shape index (κ3) is 9.65. The number of fused-ring (bicyclic) bond motifs is 14. The molecule has 6 nitrogen and oxygen atoms in total. The van der Waals surface area contributed by atoms with Crippen molar-refractivity contribution in [3.8, 4) is 0 Å². The van der Waals surface area contributed by atoms with E-state index in [1.54, 1.807) is 0 Å². The highest BCUT2D eigenvalue weighted by Gasteiger charge is 2.32. The number of rotatable bonds is 10. The summed E-state index contributed by atoms with van der Waals surface area (Å²) in [7, 11) is -3.08. The van der Waals surface area contributed by atoms with Crippen LogP contribution in [0.4, 0.5) is 0 Å². The molecule has 2 aromatic heterocycles. The Balaban J connectivity index is 0.000000151. The highest BCUT2D eigenvalue weighted by molar-refractivity contribution is 7.39. The Morgan fingerprint density at radius 2 is 0.463 bits per heavy atom. The van der Waals surface area contributed by atoms with E-state index >= 15 is 0 Å². The molecule has 0 bridgehead atoms. The van der Waals surface area contributed by atoms with Crippen molar-refractivity contribution in [3.05, 3.63) is 289 Å². The van der Waals surface area contributed by atoms with Crippen LogP contribution in [-0.2, 0) is 0 Å². The van der Waals surface area contributed by atoms with Crippen LogP contribution >= 0.6 is 16.3 Å². The molecule has 14 aromatic rings. The molecule has 14 rings (SSSR count). The van der Waals surface area contributed by atoms with Crippen LogP contribution in [0.1, 0.15) is 62.0 Å². The molecule has 0 N–H and O–H groups in total. The van der Waals surface area contributed by atoms with E-state index in [0.29, 0.717) is 0 Å². The van der Waals surface area contributed by atoms with Gasteiger partial charge in [0.15, 0.2) is 0 Å². The lowest BCUT2D eigenvalue weighted by Gasteiger charge is -2.32. The lowest BCUT2D eigenvalue weighted by molar-refractivity contribution is 0.575. The summed E-state index contributed by atoms with van der Waals surface area (Å²) in [5.74, 6) is 0. The number of benzene rings is 12. The maximum absolute atomic E-state index is 7.01. The second kappa shape index (κ2) is 22.3. The van der Waals surface area contributed by atoms with E-state index in [0.717, 1.165) is 65.4 Å². The van der Waals surface area contributed by atoms with Crippen LogP contribution in [0.25, 0.3) is 87.0 Å². The Hall–Kier alpha value is -8.60. The zero-order valence-corrected chi connectivity index (χ0v) is 46.9. The molecule has 0 fully saturated rings. The molecule has 0 amide bonds. The molecule has 0 aliphatic carbocycles. The predicted molar refractivity (Wildman–Crippen MR) is 339 cm³/mol. The summed E-state index contributed by atoms with van der Waals surface area (Å²) < 4.78 is 32.9. The molecule has 0 atom stereocenters. The van der Waals surface area contributed by atoms with Crippen molar-refractivity contribution in [1.82, 2.24) is 0 Å². The maximum atomic E-state index is 7.01. The van der Waals surface area contributed by atoms with Gasteiger partial charge in [-0.1, -0.05) is 243 Å². The molecular weight excluding hydrogens is 1020 g/mol. The molecule has 392 valence electrons. The smallest absolute Gasteiger partial charge is 0.310 e. The third-order valence-corrected chi connectivity index (χ3v) is 18.7. The number of hydrogen-bond donors (Lipinski definition) is 0. The summed E-state index contributed by atoms with van der Waals surface area (Å²) in [4.78, 5) is 0.